The molecule has 2 nitrogen and oxygen atoms in total. The van der Waals surface area contributed by atoms with Crippen molar-refractivity contribution in [1.29, 1.82) is 0 Å². The van der Waals surface area contributed by atoms with Gasteiger partial charge in [-0.1, -0.05) is 58.0 Å². The van der Waals surface area contributed by atoms with Crippen LogP contribution in [-0.2, 0) is 23.9 Å². The van der Waals surface area contributed by atoms with E-state index in [4.69, 9.17) is 9.41 Å². The van der Waals surface area contributed by atoms with Gasteiger partial charge in [0, 0.05) is 17.3 Å². The van der Waals surface area contributed by atoms with Crippen molar-refractivity contribution in [2.45, 2.75) is 77.0 Å². The Morgan fingerprint density at radius 2 is 1.73 bits per heavy atom. The molecule has 0 amide bonds. The second kappa shape index (κ2) is 6.93. The number of benzene rings is 1. The molecule has 26 heavy (non-hydrogen) atoms. The van der Waals surface area contributed by atoms with Crippen LogP contribution >= 0.6 is 0 Å². The fraction of sp³-hybridized carbons (Fsp3) is 0.522. The van der Waals surface area contributed by atoms with Crippen LogP contribution in [0.1, 0.15) is 69.0 Å². The predicted molar refractivity (Wildman–Crippen MR) is 110 cm³/mol. The van der Waals surface area contributed by atoms with Crippen LogP contribution in [-0.4, -0.2) is 13.3 Å². The minimum atomic E-state index is -1.99. The van der Waals surface area contributed by atoms with Crippen LogP contribution in [0.4, 0.5) is 0 Å². The molecule has 0 spiro atoms. The van der Waals surface area contributed by atoms with Gasteiger partial charge >= 0.3 is 0 Å². The molecule has 4 rings (SSSR count). The van der Waals surface area contributed by atoms with E-state index in [1.165, 1.54) is 35.4 Å². The second-order valence-corrected chi connectivity index (χ2v) is 13.4. The van der Waals surface area contributed by atoms with Gasteiger partial charge in [0.15, 0.2) is 0 Å². The average molecular weight is 366 g/mol. The Labute approximate surface area is 159 Å². The minimum Gasteiger partial charge on any atom is -0.408 e. The smallest absolute Gasteiger partial charge is 0.231 e. The third-order valence-corrected chi connectivity index (χ3v) is 11.7. The molecule has 0 saturated heterocycles. The van der Waals surface area contributed by atoms with E-state index in [1.807, 2.05) is 0 Å². The van der Waals surface area contributed by atoms with Crippen molar-refractivity contribution in [2.75, 3.05) is 0 Å². The first-order chi connectivity index (χ1) is 12.5. The highest BCUT2D eigenvalue weighted by Crippen LogP contribution is 2.43. The maximum Gasteiger partial charge on any atom is 0.231 e. The molecule has 2 aromatic rings. The van der Waals surface area contributed by atoms with Crippen LogP contribution < -0.4 is 5.19 Å². The third-order valence-electron chi connectivity index (χ3n) is 6.26. The lowest BCUT2D eigenvalue weighted by atomic mass is 10.1. The summed E-state index contributed by atoms with van der Waals surface area (Å²) in [5.41, 5.74) is 6.69. The molecule has 1 aromatic carbocycles. The highest BCUT2D eigenvalue weighted by atomic mass is 28.4. The van der Waals surface area contributed by atoms with Crippen molar-refractivity contribution >= 4 is 13.5 Å². The summed E-state index contributed by atoms with van der Waals surface area (Å²) in [5.74, 6) is 0.700. The van der Waals surface area contributed by atoms with Gasteiger partial charge in [-0.05, 0) is 59.1 Å². The van der Waals surface area contributed by atoms with E-state index in [2.05, 4.69) is 64.1 Å². The summed E-state index contributed by atoms with van der Waals surface area (Å²) in [6.07, 6.45) is 4.71. The van der Waals surface area contributed by atoms with E-state index in [1.54, 1.807) is 5.19 Å². The van der Waals surface area contributed by atoms with Crippen LogP contribution in [0.5, 0.6) is 0 Å². The van der Waals surface area contributed by atoms with Gasteiger partial charge < -0.3 is 4.43 Å². The van der Waals surface area contributed by atoms with Crippen molar-refractivity contribution in [3.8, 4) is 0 Å². The van der Waals surface area contributed by atoms with E-state index in [9.17, 15) is 0 Å². The summed E-state index contributed by atoms with van der Waals surface area (Å²) < 4.78 is 6.68. The first kappa shape index (κ1) is 17.9. The molecule has 1 aliphatic heterocycles. The van der Waals surface area contributed by atoms with E-state index >= 15 is 0 Å². The van der Waals surface area contributed by atoms with Gasteiger partial charge in [-0.15, -0.1) is 0 Å². The summed E-state index contributed by atoms with van der Waals surface area (Å²) in [5, 5.41) is 1.54. The molecular formula is C23H31NOSi. The molecule has 3 heteroatoms. The van der Waals surface area contributed by atoms with E-state index in [-0.39, 0.29) is 0 Å². The third kappa shape index (κ3) is 3.05. The van der Waals surface area contributed by atoms with E-state index < -0.39 is 8.32 Å². The zero-order valence-electron chi connectivity index (χ0n) is 16.6. The van der Waals surface area contributed by atoms with Gasteiger partial charge in [0.2, 0.25) is 8.32 Å². The average Bonchev–Trinajstić information content (AvgIpc) is 3.40. The lowest BCUT2D eigenvalue weighted by molar-refractivity contribution is 0.299. The summed E-state index contributed by atoms with van der Waals surface area (Å²) in [6, 6.07) is 13.2. The SMILES string of the molecule is CC(C)[Si]1(C(C)C)OCc2cc(C3CC3)nc(CCc3ccccc3)c21. The fourth-order valence-corrected chi connectivity index (χ4v) is 9.77. The van der Waals surface area contributed by atoms with Gasteiger partial charge in [0.05, 0.1) is 6.61 Å². The molecule has 2 heterocycles. The summed E-state index contributed by atoms with van der Waals surface area (Å²) in [4.78, 5) is 5.24. The Morgan fingerprint density at radius 1 is 1.04 bits per heavy atom. The van der Waals surface area contributed by atoms with Crippen molar-refractivity contribution < 1.29 is 4.43 Å². The second-order valence-electron chi connectivity index (χ2n) is 8.68. The first-order valence-electron chi connectivity index (χ1n) is 10.2. The molecule has 0 bridgehead atoms. The quantitative estimate of drug-likeness (QED) is 0.653. The zero-order valence-corrected chi connectivity index (χ0v) is 17.6. The summed E-state index contributed by atoms with van der Waals surface area (Å²) in [6.45, 7) is 10.2. The number of hydrogen-bond acceptors (Lipinski definition) is 2. The number of fused-ring (bicyclic) bond motifs is 1. The molecule has 0 N–H and O–H groups in total. The van der Waals surface area contributed by atoms with Crippen LogP contribution in [0, 0.1) is 0 Å². The highest BCUT2D eigenvalue weighted by molar-refractivity contribution is 6.90. The molecular weight excluding hydrogens is 334 g/mol. The lowest BCUT2D eigenvalue weighted by Crippen LogP contribution is -2.54. The zero-order chi connectivity index (χ0) is 18.3. The number of pyridine rings is 1. The van der Waals surface area contributed by atoms with Gasteiger partial charge in [-0.3, -0.25) is 4.98 Å². The maximum absolute atomic E-state index is 6.68. The van der Waals surface area contributed by atoms with Crippen molar-refractivity contribution in [3.05, 3.63) is 58.9 Å². The van der Waals surface area contributed by atoms with Gasteiger partial charge in [-0.2, -0.15) is 0 Å². The van der Waals surface area contributed by atoms with Crippen LogP contribution in [0.15, 0.2) is 36.4 Å². The molecule has 1 saturated carbocycles. The summed E-state index contributed by atoms with van der Waals surface area (Å²) >= 11 is 0. The Hall–Kier alpha value is -1.45. The van der Waals surface area contributed by atoms with Crippen LogP contribution in [0.3, 0.4) is 0 Å². The molecule has 0 radical (unpaired) electrons. The van der Waals surface area contributed by atoms with Crippen LogP contribution in [0.25, 0.3) is 0 Å². The predicted octanol–water partition coefficient (Wildman–Crippen LogP) is 5.25. The lowest BCUT2D eigenvalue weighted by Gasteiger charge is -2.35. The Kier molecular flexibility index (Phi) is 4.78. The van der Waals surface area contributed by atoms with Gasteiger partial charge in [0.1, 0.15) is 0 Å². The molecule has 0 unspecified atom stereocenters. The van der Waals surface area contributed by atoms with Crippen molar-refractivity contribution in [1.82, 2.24) is 4.98 Å². The normalized spacial score (nSPS) is 18.5. The van der Waals surface area contributed by atoms with Gasteiger partial charge in [0.25, 0.3) is 0 Å². The van der Waals surface area contributed by atoms with E-state index in [0.29, 0.717) is 17.0 Å². The Bertz CT molecular complexity index is 772. The molecule has 2 aliphatic rings. The maximum atomic E-state index is 6.68. The van der Waals surface area contributed by atoms with Crippen LogP contribution in [0.2, 0.25) is 11.1 Å². The van der Waals surface area contributed by atoms with E-state index in [0.717, 1.165) is 19.4 Å². The number of nitrogens with zero attached hydrogens (tertiary/aromatic N) is 1. The van der Waals surface area contributed by atoms with Crippen molar-refractivity contribution in [2.24, 2.45) is 0 Å². The number of rotatable bonds is 6. The molecule has 1 aliphatic carbocycles. The molecule has 1 fully saturated rings. The standard InChI is InChI=1S/C23H31NOSi/c1-16(2)26(17(3)4)23-20(15-25-26)14-22(19-11-12-19)24-21(23)13-10-18-8-6-5-7-9-18/h5-9,14,16-17,19H,10-13,15H2,1-4H3. The molecule has 1 aromatic heterocycles. The highest BCUT2D eigenvalue weighted by Gasteiger charge is 2.51. The molecule has 0 atom stereocenters. The first-order valence-corrected chi connectivity index (χ1v) is 12.3. The Morgan fingerprint density at radius 3 is 2.35 bits per heavy atom. The van der Waals surface area contributed by atoms with Gasteiger partial charge in [-0.25, -0.2) is 0 Å². The molecule has 138 valence electrons. The minimum absolute atomic E-state index is 0.577. The monoisotopic (exact) mass is 365 g/mol. The largest absolute Gasteiger partial charge is 0.408 e. The Balaban J connectivity index is 1.76. The number of aryl methyl sites for hydroxylation is 2. The number of hydrogen-bond donors (Lipinski definition) is 0. The topological polar surface area (TPSA) is 22.1 Å². The van der Waals surface area contributed by atoms with Crippen molar-refractivity contribution in [3.63, 3.8) is 0 Å². The fourth-order valence-electron chi connectivity index (χ4n) is 4.79. The summed E-state index contributed by atoms with van der Waals surface area (Å²) in [7, 11) is -1.99. The number of aromatic nitrogens is 1.